The molecule has 2 aromatic carbocycles. The highest BCUT2D eigenvalue weighted by molar-refractivity contribution is 5.33. The van der Waals surface area contributed by atoms with Gasteiger partial charge in [-0.25, -0.2) is 0 Å². The number of nitrogens with zero attached hydrogens (tertiary/aromatic N) is 1. The van der Waals surface area contributed by atoms with E-state index in [2.05, 4.69) is 86.4 Å². The molecule has 1 heteroatoms. The van der Waals surface area contributed by atoms with E-state index in [1.807, 2.05) is 0 Å². The average Bonchev–Trinajstić information content (AvgIpc) is 2.60. The van der Waals surface area contributed by atoms with Gasteiger partial charge in [0.15, 0.2) is 0 Å². The van der Waals surface area contributed by atoms with E-state index < -0.39 is 0 Å². The van der Waals surface area contributed by atoms with Gasteiger partial charge in [-0.2, -0.15) is 0 Å². The molecule has 0 saturated heterocycles. The van der Waals surface area contributed by atoms with Crippen LogP contribution < -0.4 is 0 Å². The molecule has 0 aliphatic heterocycles. The van der Waals surface area contributed by atoms with E-state index in [1.165, 1.54) is 33.5 Å². The fourth-order valence-electron chi connectivity index (χ4n) is 3.31. The molecular formula is C24H27N. The molecule has 0 spiro atoms. The molecular weight excluding hydrogens is 302 g/mol. The van der Waals surface area contributed by atoms with Crippen LogP contribution in [0, 0.1) is 20.8 Å². The monoisotopic (exact) mass is 329 g/mol. The van der Waals surface area contributed by atoms with Crippen LogP contribution in [0.3, 0.4) is 0 Å². The van der Waals surface area contributed by atoms with E-state index in [0.717, 1.165) is 31.4 Å². The number of pyridine rings is 1. The highest BCUT2D eigenvalue weighted by atomic mass is 14.7. The Morgan fingerprint density at radius 2 is 1.44 bits per heavy atom. The van der Waals surface area contributed by atoms with Crippen molar-refractivity contribution in [3.8, 4) is 0 Å². The highest BCUT2D eigenvalue weighted by Crippen LogP contribution is 2.16. The van der Waals surface area contributed by atoms with Gasteiger partial charge in [0.1, 0.15) is 0 Å². The molecule has 0 radical (unpaired) electrons. The van der Waals surface area contributed by atoms with Crippen molar-refractivity contribution in [1.82, 2.24) is 4.98 Å². The SMILES string of the molecule is Cc1cccc(CCc2ccc(C)c(CCc3cccc(C)n3)c2)c1. The van der Waals surface area contributed by atoms with Gasteiger partial charge < -0.3 is 0 Å². The topological polar surface area (TPSA) is 12.9 Å². The second-order valence-electron chi connectivity index (χ2n) is 7.02. The van der Waals surface area contributed by atoms with Crippen molar-refractivity contribution in [2.24, 2.45) is 0 Å². The van der Waals surface area contributed by atoms with E-state index in [-0.39, 0.29) is 0 Å². The van der Waals surface area contributed by atoms with Crippen molar-refractivity contribution in [3.63, 3.8) is 0 Å². The fraction of sp³-hybridized carbons (Fsp3) is 0.292. The van der Waals surface area contributed by atoms with Crippen molar-refractivity contribution < 1.29 is 0 Å². The largest absolute Gasteiger partial charge is 0.258 e. The molecule has 3 aromatic rings. The second-order valence-corrected chi connectivity index (χ2v) is 7.02. The first-order chi connectivity index (χ1) is 12.1. The molecule has 3 rings (SSSR count). The summed E-state index contributed by atoms with van der Waals surface area (Å²) >= 11 is 0. The Morgan fingerprint density at radius 1 is 0.680 bits per heavy atom. The Kier molecular flexibility index (Phi) is 5.65. The minimum Gasteiger partial charge on any atom is -0.258 e. The van der Waals surface area contributed by atoms with Crippen LogP contribution in [0.2, 0.25) is 0 Å². The lowest BCUT2D eigenvalue weighted by atomic mass is 9.96. The molecule has 1 heterocycles. The zero-order valence-electron chi connectivity index (χ0n) is 15.5. The van der Waals surface area contributed by atoms with E-state index in [0.29, 0.717) is 0 Å². The molecule has 0 aliphatic rings. The van der Waals surface area contributed by atoms with Gasteiger partial charge in [-0.3, -0.25) is 4.98 Å². The summed E-state index contributed by atoms with van der Waals surface area (Å²) < 4.78 is 0. The third-order valence-electron chi connectivity index (χ3n) is 4.79. The zero-order chi connectivity index (χ0) is 17.6. The third kappa shape index (κ3) is 5.03. The van der Waals surface area contributed by atoms with Crippen LogP contribution in [0.1, 0.15) is 39.2 Å². The zero-order valence-corrected chi connectivity index (χ0v) is 15.5. The van der Waals surface area contributed by atoms with Crippen LogP contribution >= 0.6 is 0 Å². The number of rotatable bonds is 6. The third-order valence-corrected chi connectivity index (χ3v) is 4.79. The van der Waals surface area contributed by atoms with Crippen molar-refractivity contribution in [1.29, 1.82) is 0 Å². The summed E-state index contributed by atoms with van der Waals surface area (Å²) in [5, 5.41) is 0. The normalized spacial score (nSPS) is 10.8. The van der Waals surface area contributed by atoms with Gasteiger partial charge in [-0.05, 0) is 80.8 Å². The van der Waals surface area contributed by atoms with Crippen molar-refractivity contribution in [2.75, 3.05) is 0 Å². The molecule has 0 aliphatic carbocycles. The molecule has 0 bridgehead atoms. The Labute approximate surface area is 151 Å². The molecule has 0 atom stereocenters. The summed E-state index contributed by atoms with van der Waals surface area (Å²) in [4.78, 5) is 4.62. The lowest BCUT2D eigenvalue weighted by molar-refractivity contribution is 0.887. The van der Waals surface area contributed by atoms with Crippen molar-refractivity contribution in [3.05, 3.63) is 99.9 Å². The maximum Gasteiger partial charge on any atom is 0.0410 e. The van der Waals surface area contributed by atoms with Crippen LogP contribution in [0.4, 0.5) is 0 Å². The first kappa shape index (κ1) is 17.4. The fourth-order valence-corrected chi connectivity index (χ4v) is 3.31. The minimum absolute atomic E-state index is 1.00. The van der Waals surface area contributed by atoms with Gasteiger partial charge in [0.2, 0.25) is 0 Å². The quantitative estimate of drug-likeness (QED) is 0.575. The Bertz CT molecular complexity index is 848. The molecule has 0 amide bonds. The van der Waals surface area contributed by atoms with Gasteiger partial charge in [0.05, 0.1) is 0 Å². The van der Waals surface area contributed by atoms with Crippen molar-refractivity contribution in [2.45, 2.75) is 46.5 Å². The van der Waals surface area contributed by atoms with Crippen LogP contribution in [0.25, 0.3) is 0 Å². The lowest BCUT2D eigenvalue weighted by Gasteiger charge is -2.10. The van der Waals surface area contributed by atoms with Crippen LogP contribution in [0.5, 0.6) is 0 Å². The molecule has 1 nitrogen and oxygen atoms in total. The maximum absolute atomic E-state index is 4.62. The first-order valence-electron chi connectivity index (χ1n) is 9.16. The maximum atomic E-state index is 4.62. The molecule has 25 heavy (non-hydrogen) atoms. The smallest absolute Gasteiger partial charge is 0.0410 e. The predicted molar refractivity (Wildman–Crippen MR) is 106 cm³/mol. The van der Waals surface area contributed by atoms with Gasteiger partial charge in [-0.1, -0.05) is 54.1 Å². The van der Waals surface area contributed by atoms with E-state index in [9.17, 15) is 0 Å². The standard InChI is InChI=1S/C24H27N/c1-18-6-4-8-21(16-18)12-13-22-11-10-19(2)23(17-22)14-15-24-9-5-7-20(3)25-24/h4-11,16-17H,12-15H2,1-3H3. The van der Waals surface area contributed by atoms with Gasteiger partial charge in [-0.15, -0.1) is 0 Å². The van der Waals surface area contributed by atoms with Gasteiger partial charge in [0.25, 0.3) is 0 Å². The average molecular weight is 329 g/mol. The molecule has 0 N–H and O–H groups in total. The molecule has 128 valence electrons. The summed E-state index contributed by atoms with van der Waals surface area (Å²) in [6.07, 6.45) is 4.26. The summed E-state index contributed by atoms with van der Waals surface area (Å²) in [7, 11) is 0. The number of hydrogen-bond acceptors (Lipinski definition) is 1. The second kappa shape index (κ2) is 8.11. The number of benzene rings is 2. The van der Waals surface area contributed by atoms with E-state index in [4.69, 9.17) is 0 Å². The Balaban J connectivity index is 1.65. The molecule has 0 fully saturated rings. The number of aromatic nitrogens is 1. The van der Waals surface area contributed by atoms with Gasteiger partial charge >= 0.3 is 0 Å². The van der Waals surface area contributed by atoms with Crippen molar-refractivity contribution >= 4 is 0 Å². The molecule has 1 aromatic heterocycles. The Hall–Kier alpha value is -2.41. The minimum atomic E-state index is 1.00. The summed E-state index contributed by atoms with van der Waals surface area (Å²) in [6, 6.07) is 22.1. The number of aryl methyl sites for hydroxylation is 7. The lowest BCUT2D eigenvalue weighted by Crippen LogP contribution is -1.99. The number of hydrogen-bond donors (Lipinski definition) is 0. The summed E-state index contributed by atoms with van der Waals surface area (Å²) in [5.74, 6) is 0. The Morgan fingerprint density at radius 3 is 2.20 bits per heavy atom. The predicted octanol–water partition coefficient (Wildman–Crippen LogP) is 5.58. The molecule has 0 saturated carbocycles. The summed E-state index contributed by atoms with van der Waals surface area (Å²) in [6.45, 7) is 6.43. The van der Waals surface area contributed by atoms with E-state index >= 15 is 0 Å². The van der Waals surface area contributed by atoms with Gasteiger partial charge in [0, 0.05) is 11.4 Å². The van der Waals surface area contributed by atoms with Crippen LogP contribution in [-0.4, -0.2) is 4.98 Å². The molecule has 0 unspecified atom stereocenters. The summed E-state index contributed by atoms with van der Waals surface area (Å²) in [5.41, 5.74) is 9.31. The van der Waals surface area contributed by atoms with Crippen LogP contribution in [0.15, 0.2) is 60.7 Å². The first-order valence-corrected chi connectivity index (χ1v) is 9.16. The van der Waals surface area contributed by atoms with Crippen LogP contribution in [-0.2, 0) is 25.7 Å². The van der Waals surface area contributed by atoms with E-state index in [1.54, 1.807) is 0 Å². The highest BCUT2D eigenvalue weighted by Gasteiger charge is 2.04.